The van der Waals surface area contributed by atoms with Crippen LogP contribution < -0.4 is 15.5 Å². The van der Waals surface area contributed by atoms with Crippen LogP contribution in [0.4, 0.5) is 16.2 Å². The lowest BCUT2D eigenvalue weighted by atomic mass is 10.1. The highest BCUT2D eigenvalue weighted by Gasteiger charge is 2.31. The van der Waals surface area contributed by atoms with E-state index in [1.807, 2.05) is 51.7 Å². The van der Waals surface area contributed by atoms with Gasteiger partial charge in [0.05, 0.1) is 5.56 Å². The monoisotopic (exact) mass is 443 g/mol. The quantitative estimate of drug-likeness (QED) is 0.707. The van der Waals surface area contributed by atoms with Gasteiger partial charge in [-0.15, -0.1) is 0 Å². The molecule has 8 heteroatoms. The average molecular weight is 444 g/mol. The fourth-order valence-electron chi connectivity index (χ4n) is 3.88. The molecule has 176 valence electrons. The molecular weight excluding hydrogens is 406 g/mol. The number of nitrogens with zero attached hydrogens (tertiary/aromatic N) is 3. The number of carbonyl (C=O) groups excluding carboxylic acids is 3. The molecule has 2 aliphatic rings. The summed E-state index contributed by atoms with van der Waals surface area (Å²) in [4.78, 5) is 43.8. The van der Waals surface area contributed by atoms with Crippen LogP contribution in [0.25, 0.3) is 0 Å². The van der Waals surface area contributed by atoms with Crippen molar-refractivity contribution in [2.24, 2.45) is 5.92 Å². The number of anilines is 2. The highest BCUT2D eigenvalue weighted by Crippen LogP contribution is 2.32. The summed E-state index contributed by atoms with van der Waals surface area (Å²) in [6, 6.07) is 5.53. The van der Waals surface area contributed by atoms with Crippen molar-refractivity contribution in [1.82, 2.24) is 15.1 Å². The van der Waals surface area contributed by atoms with Crippen LogP contribution in [0, 0.1) is 5.92 Å². The van der Waals surface area contributed by atoms with E-state index in [1.165, 1.54) is 0 Å². The standard InChI is InChI=1S/C24H37N5O3/c1-6-27(7-2)22(31)19-16-18(25-21(30)17-8-9-17)10-11-20(19)28-12-14-29(15-13-28)23(32)26-24(3,4)5/h10-11,16-17H,6-9,12-15H2,1-5H3,(H,25,30)(H,26,32). The minimum Gasteiger partial charge on any atom is -0.367 e. The number of hydrogen-bond acceptors (Lipinski definition) is 4. The molecule has 1 aromatic carbocycles. The normalized spacial score (nSPS) is 16.5. The Morgan fingerprint density at radius 3 is 2.19 bits per heavy atom. The number of hydrogen-bond donors (Lipinski definition) is 2. The van der Waals surface area contributed by atoms with Gasteiger partial charge in [-0.2, -0.15) is 0 Å². The van der Waals surface area contributed by atoms with Crippen LogP contribution in [0.15, 0.2) is 18.2 Å². The van der Waals surface area contributed by atoms with E-state index in [-0.39, 0.29) is 29.3 Å². The summed E-state index contributed by atoms with van der Waals surface area (Å²) in [5.74, 6) is 0.0850. The first kappa shape index (κ1) is 23.9. The summed E-state index contributed by atoms with van der Waals surface area (Å²) in [5, 5.41) is 5.97. The second kappa shape index (κ2) is 9.79. The summed E-state index contributed by atoms with van der Waals surface area (Å²) in [6.07, 6.45) is 1.87. The molecule has 1 aliphatic carbocycles. The third kappa shape index (κ3) is 5.93. The largest absolute Gasteiger partial charge is 0.367 e. The van der Waals surface area contributed by atoms with Gasteiger partial charge in [0, 0.05) is 62.1 Å². The maximum atomic E-state index is 13.3. The van der Waals surface area contributed by atoms with E-state index in [2.05, 4.69) is 15.5 Å². The first-order chi connectivity index (χ1) is 15.1. The molecule has 3 rings (SSSR count). The molecule has 1 saturated carbocycles. The van der Waals surface area contributed by atoms with E-state index in [1.54, 1.807) is 11.0 Å². The molecule has 0 atom stereocenters. The van der Waals surface area contributed by atoms with Gasteiger partial charge in [-0.25, -0.2) is 4.79 Å². The van der Waals surface area contributed by atoms with Gasteiger partial charge in [0.1, 0.15) is 0 Å². The van der Waals surface area contributed by atoms with Crippen molar-refractivity contribution >= 4 is 29.2 Å². The maximum Gasteiger partial charge on any atom is 0.317 e. The van der Waals surface area contributed by atoms with Gasteiger partial charge in [-0.3, -0.25) is 9.59 Å². The Kier molecular flexibility index (Phi) is 7.31. The molecule has 0 unspecified atom stereocenters. The second-order valence-electron chi connectivity index (χ2n) is 9.63. The molecule has 32 heavy (non-hydrogen) atoms. The molecule has 1 aliphatic heterocycles. The summed E-state index contributed by atoms with van der Waals surface area (Å²) in [7, 11) is 0. The Labute approximate surface area is 191 Å². The average Bonchev–Trinajstić information content (AvgIpc) is 3.59. The molecule has 0 bridgehead atoms. The summed E-state index contributed by atoms with van der Waals surface area (Å²) < 4.78 is 0. The zero-order valence-corrected chi connectivity index (χ0v) is 20.0. The minimum absolute atomic E-state index is 0.0254. The lowest BCUT2D eigenvalue weighted by Gasteiger charge is -2.38. The van der Waals surface area contributed by atoms with Gasteiger partial charge < -0.3 is 25.3 Å². The van der Waals surface area contributed by atoms with Crippen molar-refractivity contribution in [3.63, 3.8) is 0 Å². The zero-order chi connectivity index (χ0) is 23.5. The number of urea groups is 1. The number of nitrogens with one attached hydrogen (secondary N) is 2. The number of piperazine rings is 1. The highest BCUT2D eigenvalue weighted by molar-refractivity contribution is 6.02. The van der Waals surface area contributed by atoms with Crippen LogP contribution in [0.3, 0.4) is 0 Å². The lowest BCUT2D eigenvalue weighted by Crippen LogP contribution is -2.55. The van der Waals surface area contributed by atoms with Crippen molar-refractivity contribution in [1.29, 1.82) is 0 Å². The fraction of sp³-hybridized carbons (Fsp3) is 0.625. The molecule has 1 saturated heterocycles. The topological polar surface area (TPSA) is 85.0 Å². The second-order valence-corrected chi connectivity index (χ2v) is 9.63. The number of carbonyl (C=O) groups is 3. The maximum absolute atomic E-state index is 13.3. The zero-order valence-electron chi connectivity index (χ0n) is 20.0. The summed E-state index contributed by atoms with van der Waals surface area (Å²) in [6.45, 7) is 13.5. The lowest BCUT2D eigenvalue weighted by molar-refractivity contribution is -0.117. The van der Waals surface area contributed by atoms with Crippen molar-refractivity contribution < 1.29 is 14.4 Å². The molecule has 8 nitrogen and oxygen atoms in total. The summed E-state index contributed by atoms with van der Waals surface area (Å²) in [5.41, 5.74) is 1.82. The molecule has 2 fully saturated rings. The van der Waals surface area contributed by atoms with Gasteiger partial charge >= 0.3 is 6.03 Å². The van der Waals surface area contributed by atoms with Crippen LogP contribution >= 0.6 is 0 Å². The molecule has 1 heterocycles. The van der Waals surface area contributed by atoms with E-state index < -0.39 is 0 Å². The van der Waals surface area contributed by atoms with Crippen LogP contribution in [0.5, 0.6) is 0 Å². The third-order valence-electron chi connectivity index (χ3n) is 5.88. The van der Waals surface area contributed by atoms with Gasteiger partial charge in [0.2, 0.25) is 5.91 Å². The molecule has 0 radical (unpaired) electrons. The molecule has 2 N–H and O–H groups in total. The number of rotatable bonds is 6. The van der Waals surface area contributed by atoms with Crippen LogP contribution in [-0.4, -0.2) is 72.5 Å². The van der Waals surface area contributed by atoms with Crippen LogP contribution in [-0.2, 0) is 4.79 Å². The van der Waals surface area contributed by atoms with Gasteiger partial charge in [-0.05, 0) is 65.7 Å². The smallest absolute Gasteiger partial charge is 0.317 e. The van der Waals surface area contributed by atoms with Crippen molar-refractivity contribution in [3.05, 3.63) is 23.8 Å². The van der Waals surface area contributed by atoms with Crippen molar-refractivity contribution in [2.45, 2.75) is 53.0 Å². The van der Waals surface area contributed by atoms with Crippen molar-refractivity contribution in [2.75, 3.05) is 49.5 Å². The molecule has 4 amide bonds. The van der Waals surface area contributed by atoms with Crippen LogP contribution in [0.2, 0.25) is 0 Å². The molecule has 0 spiro atoms. The van der Waals surface area contributed by atoms with E-state index in [0.29, 0.717) is 50.5 Å². The Morgan fingerprint density at radius 1 is 1.03 bits per heavy atom. The van der Waals surface area contributed by atoms with E-state index in [4.69, 9.17) is 0 Å². The minimum atomic E-state index is -0.279. The van der Waals surface area contributed by atoms with Crippen molar-refractivity contribution in [3.8, 4) is 0 Å². The predicted octanol–water partition coefficient (Wildman–Crippen LogP) is 3.15. The molecule has 0 aromatic heterocycles. The predicted molar refractivity (Wildman–Crippen MR) is 127 cm³/mol. The third-order valence-corrected chi connectivity index (χ3v) is 5.88. The van der Waals surface area contributed by atoms with Crippen LogP contribution in [0.1, 0.15) is 57.8 Å². The van der Waals surface area contributed by atoms with E-state index in [9.17, 15) is 14.4 Å². The Hall–Kier alpha value is -2.77. The highest BCUT2D eigenvalue weighted by atomic mass is 16.2. The molecule has 1 aromatic rings. The van der Waals surface area contributed by atoms with E-state index >= 15 is 0 Å². The van der Waals surface area contributed by atoms with E-state index in [0.717, 1.165) is 18.5 Å². The molecular formula is C24H37N5O3. The van der Waals surface area contributed by atoms with Gasteiger partial charge in [0.15, 0.2) is 0 Å². The Morgan fingerprint density at radius 2 is 1.66 bits per heavy atom. The van der Waals surface area contributed by atoms with Gasteiger partial charge in [0.25, 0.3) is 5.91 Å². The first-order valence-electron chi connectivity index (χ1n) is 11.7. The van der Waals surface area contributed by atoms with Gasteiger partial charge in [-0.1, -0.05) is 0 Å². The Balaban J connectivity index is 1.78. The number of amides is 4. The first-order valence-corrected chi connectivity index (χ1v) is 11.7. The SMILES string of the molecule is CCN(CC)C(=O)c1cc(NC(=O)C2CC2)ccc1N1CCN(C(=O)NC(C)(C)C)CC1. The summed E-state index contributed by atoms with van der Waals surface area (Å²) >= 11 is 0. The Bertz CT molecular complexity index is 848. The number of benzene rings is 1. The fourth-order valence-corrected chi connectivity index (χ4v) is 3.88.